The number of ether oxygens (including phenoxy) is 2. The fourth-order valence-corrected chi connectivity index (χ4v) is 10.5. The van der Waals surface area contributed by atoms with Crippen molar-refractivity contribution in [2.45, 2.75) is 97.1 Å². The summed E-state index contributed by atoms with van der Waals surface area (Å²) in [5, 5.41) is 0. The summed E-state index contributed by atoms with van der Waals surface area (Å²) >= 11 is 0. The molecule has 3 aliphatic carbocycles. The summed E-state index contributed by atoms with van der Waals surface area (Å²) in [5.74, 6) is 0.00413. The summed E-state index contributed by atoms with van der Waals surface area (Å²) < 4.78 is 13.4. The molecule has 4 saturated heterocycles. The lowest BCUT2D eigenvalue weighted by Gasteiger charge is -2.75. The SMILES string of the molecule is CC1=CC(=O)C2=CC(=O)[C@H]3[C@@](C)(C[C@@]45OC(=O)C[C@]3(C)[C@]4(C)CC[C@]34C[C@@H](C)C[C@H](CN35)O4)[C@@H]2C1. The van der Waals surface area contributed by atoms with Crippen LogP contribution >= 0.6 is 0 Å². The Balaban J connectivity index is 1.46. The van der Waals surface area contributed by atoms with Gasteiger partial charge >= 0.3 is 5.97 Å². The number of fused-ring (bicyclic) bond motifs is 5. The zero-order valence-corrected chi connectivity index (χ0v) is 21.6. The van der Waals surface area contributed by atoms with E-state index >= 15 is 0 Å². The maximum absolute atomic E-state index is 14.0. The van der Waals surface area contributed by atoms with E-state index in [2.05, 4.69) is 32.6 Å². The number of nitrogens with zero attached hydrogens (tertiary/aromatic N) is 1. The van der Waals surface area contributed by atoms with Crippen LogP contribution in [0.3, 0.4) is 0 Å². The molecule has 4 bridgehead atoms. The van der Waals surface area contributed by atoms with Crippen LogP contribution < -0.4 is 0 Å². The molecule has 7 rings (SSSR count). The number of hydrogen-bond donors (Lipinski definition) is 0. The summed E-state index contributed by atoms with van der Waals surface area (Å²) in [6.45, 7) is 11.8. The van der Waals surface area contributed by atoms with Gasteiger partial charge in [-0.2, -0.15) is 0 Å². The normalized spacial score (nSPS) is 54.6. The highest BCUT2D eigenvalue weighted by molar-refractivity contribution is 6.12. The first-order valence-electron chi connectivity index (χ1n) is 13.5. The summed E-state index contributed by atoms with van der Waals surface area (Å²) in [4.78, 5) is 42.9. The molecule has 9 atom stereocenters. The highest BCUT2D eigenvalue weighted by Gasteiger charge is 2.82. The predicted molar refractivity (Wildman–Crippen MR) is 128 cm³/mol. The number of hydrogen-bond acceptors (Lipinski definition) is 6. The number of esters is 1. The summed E-state index contributed by atoms with van der Waals surface area (Å²) in [6, 6.07) is 0. The van der Waals surface area contributed by atoms with Gasteiger partial charge in [0.05, 0.1) is 12.5 Å². The molecular weight excluding hydrogens is 442 g/mol. The van der Waals surface area contributed by atoms with E-state index < -0.39 is 22.3 Å². The average Bonchev–Trinajstić information content (AvgIpc) is 3.01. The molecule has 0 amide bonds. The van der Waals surface area contributed by atoms with Crippen LogP contribution in [0, 0.1) is 34.0 Å². The minimum atomic E-state index is -0.833. The van der Waals surface area contributed by atoms with Crippen LogP contribution in [-0.2, 0) is 23.9 Å². The third-order valence-corrected chi connectivity index (χ3v) is 11.8. The van der Waals surface area contributed by atoms with Crippen LogP contribution in [-0.4, -0.2) is 46.5 Å². The van der Waals surface area contributed by atoms with Crippen molar-refractivity contribution >= 4 is 17.5 Å². The van der Waals surface area contributed by atoms with Crippen LogP contribution in [0.4, 0.5) is 0 Å². The van der Waals surface area contributed by atoms with Gasteiger partial charge in [-0.15, -0.1) is 0 Å². The highest BCUT2D eigenvalue weighted by atomic mass is 16.6. The van der Waals surface area contributed by atoms with Crippen LogP contribution in [0.15, 0.2) is 23.3 Å². The monoisotopic (exact) mass is 479 g/mol. The highest BCUT2D eigenvalue weighted by Crippen LogP contribution is 2.77. The van der Waals surface area contributed by atoms with Gasteiger partial charge in [0.15, 0.2) is 17.3 Å². The Labute approximate surface area is 207 Å². The number of allylic oxidation sites excluding steroid dienone is 4. The maximum Gasteiger partial charge on any atom is 0.308 e. The number of rotatable bonds is 0. The third kappa shape index (κ3) is 2.38. The van der Waals surface area contributed by atoms with Crippen molar-refractivity contribution in [1.29, 1.82) is 0 Å². The Morgan fingerprint density at radius 1 is 1.09 bits per heavy atom. The molecule has 1 spiro atoms. The summed E-state index contributed by atoms with van der Waals surface area (Å²) in [6.07, 6.45) is 8.83. The van der Waals surface area contributed by atoms with Gasteiger partial charge in [-0.25, -0.2) is 4.90 Å². The van der Waals surface area contributed by atoms with Crippen LogP contribution in [0.2, 0.25) is 0 Å². The van der Waals surface area contributed by atoms with Gasteiger partial charge in [-0.3, -0.25) is 14.4 Å². The van der Waals surface area contributed by atoms with Crippen molar-refractivity contribution in [3.05, 3.63) is 23.3 Å². The molecule has 4 heterocycles. The molecule has 0 radical (unpaired) electrons. The van der Waals surface area contributed by atoms with E-state index in [1.54, 1.807) is 12.2 Å². The van der Waals surface area contributed by atoms with Crippen molar-refractivity contribution in [1.82, 2.24) is 4.90 Å². The number of carbonyl (C=O) groups excluding carboxylic acids is 3. The Morgan fingerprint density at radius 3 is 2.63 bits per heavy atom. The largest absolute Gasteiger partial charge is 0.443 e. The first-order chi connectivity index (χ1) is 16.4. The van der Waals surface area contributed by atoms with E-state index in [1.807, 2.05) is 6.92 Å². The smallest absolute Gasteiger partial charge is 0.308 e. The lowest BCUT2D eigenvalue weighted by Crippen LogP contribution is -2.82. The van der Waals surface area contributed by atoms with Crippen molar-refractivity contribution in [3.8, 4) is 0 Å². The van der Waals surface area contributed by atoms with Crippen molar-refractivity contribution < 1.29 is 23.9 Å². The third-order valence-electron chi connectivity index (χ3n) is 11.8. The second-order valence-corrected chi connectivity index (χ2v) is 13.8. The minimum Gasteiger partial charge on any atom is -0.443 e. The van der Waals surface area contributed by atoms with Crippen molar-refractivity contribution in [3.63, 3.8) is 0 Å². The molecule has 6 heteroatoms. The van der Waals surface area contributed by atoms with Gasteiger partial charge in [0.1, 0.15) is 5.72 Å². The molecule has 0 aromatic rings. The van der Waals surface area contributed by atoms with E-state index in [-0.39, 0.29) is 47.3 Å². The molecule has 188 valence electrons. The van der Waals surface area contributed by atoms with Gasteiger partial charge in [0, 0.05) is 29.9 Å². The number of piperidine rings is 1. The standard InChI is InChI=1S/C29H37NO5/c1-16-9-20-19(21(31)10-16)11-22(32)24-25(20,3)15-29-27(5,26(24,4)13-23(33)35-29)6-7-28-12-17(2)8-18(34-28)14-30(28)29/h10-11,17-18,20,24H,6-9,12-15H2,1-5H3/t17-,18+,20+,24-,25-,26-,27-,28-,29+/m0/s1. The molecule has 0 unspecified atom stereocenters. The lowest BCUT2D eigenvalue weighted by atomic mass is 9.35. The second kappa shape index (κ2) is 6.36. The fourth-order valence-electron chi connectivity index (χ4n) is 10.5. The average molecular weight is 480 g/mol. The van der Waals surface area contributed by atoms with Crippen molar-refractivity contribution in [2.75, 3.05) is 6.54 Å². The predicted octanol–water partition coefficient (Wildman–Crippen LogP) is 4.33. The van der Waals surface area contributed by atoms with Gasteiger partial charge in [-0.1, -0.05) is 33.3 Å². The Bertz CT molecular complexity index is 1160. The van der Waals surface area contributed by atoms with E-state index in [0.717, 1.165) is 44.2 Å². The van der Waals surface area contributed by atoms with Crippen LogP contribution in [0.5, 0.6) is 0 Å². The molecule has 5 fully saturated rings. The number of ketones is 2. The van der Waals surface area contributed by atoms with Crippen molar-refractivity contribution in [2.24, 2.45) is 34.0 Å². The number of carbonyl (C=O) groups is 3. The van der Waals surface area contributed by atoms with E-state index in [0.29, 0.717) is 17.9 Å². The molecule has 0 aromatic carbocycles. The second-order valence-electron chi connectivity index (χ2n) is 13.8. The minimum absolute atomic E-state index is 0.0254. The Hall–Kier alpha value is -1.79. The fraction of sp³-hybridized carbons (Fsp3) is 0.759. The van der Waals surface area contributed by atoms with Gasteiger partial charge in [-0.05, 0) is 73.8 Å². The van der Waals surface area contributed by atoms with E-state index in [4.69, 9.17) is 9.47 Å². The summed E-state index contributed by atoms with van der Waals surface area (Å²) in [5.41, 5.74) is -0.933. The molecule has 1 saturated carbocycles. The molecule has 7 aliphatic rings. The Kier molecular flexibility index (Phi) is 4.08. The van der Waals surface area contributed by atoms with Crippen LogP contribution in [0.1, 0.15) is 79.6 Å². The maximum atomic E-state index is 14.0. The zero-order valence-electron chi connectivity index (χ0n) is 21.6. The molecular formula is C29H37NO5. The first kappa shape index (κ1) is 22.4. The molecule has 0 aromatic heterocycles. The molecule has 4 aliphatic heterocycles. The zero-order chi connectivity index (χ0) is 24.8. The first-order valence-corrected chi connectivity index (χ1v) is 13.5. The van der Waals surface area contributed by atoms with E-state index in [9.17, 15) is 14.4 Å². The van der Waals surface area contributed by atoms with E-state index in [1.165, 1.54) is 0 Å². The molecule has 0 N–H and O–H groups in total. The van der Waals surface area contributed by atoms with Gasteiger partial charge in [0.25, 0.3) is 0 Å². The Morgan fingerprint density at radius 2 is 1.86 bits per heavy atom. The van der Waals surface area contributed by atoms with Gasteiger partial charge in [0.2, 0.25) is 0 Å². The topological polar surface area (TPSA) is 72.9 Å². The quantitative estimate of drug-likeness (QED) is 0.482. The van der Waals surface area contributed by atoms with Crippen LogP contribution in [0.25, 0.3) is 0 Å². The summed E-state index contributed by atoms with van der Waals surface area (Å²) in [7, 11) is 0. The lowest BCUT2D eigenvalue weighted by molar-refractivity contribution is -0.376. The molecule has 35 heavy (non-hydrogen) atoms. The molecule has 6 nitrogen and oxygen atoms in total. The van der Waals surface area contributed by atoms with Gasteiger partial charge < -0.3 is 9.47 Å².